The second kappa shape index (κ2) is 6.39. The molecule has 1 aromatic carbocycles. The fourth-order valence-electron chi connectivity index (χ4n) is 2.25. The summed E-state index contributed by atoms with van der Waals surface area (Å²) in [6.45, 7) is 5.70. The quantitative estimate of drug-likeness (QED) is 0.847. The summed E-state index contributed by atoms with van der Waals surface area (Å²) in [6, 6.07) is 5.52. The zero-order chi connectivity index (χ0) is 16.3. The molecule has 120 valence electrons. The summed E-state index contributed by atoms with van der Waals surface area (Å²) in [5.41, 5.74) is 0.562. The highest BCUT2D eigenvalue weighted by Gasteiger charge is 2.31. The van der Waals surface area contributed by atoms with Gasteiger partial charge in [-0.25, -0.2) is 0 Å². The van der Waals surface area contributed by atoms with Crippen LogP contribution < -0.4 is 4.74 Å². The van der Waals surface area contributed by atoms with E-state index in [2.05, 4.69) is 4.74 Å². The van der Waals surface area contributed by atoms with E-state index in [4.69, 9.17) is 0 Å². The van der Waals surface area contributed by atoms with Gasteiger partial charge in [0.25, 0.3) is 0 Å². The number of nitrogens with zero attached hydrogens (tertiary/aromatic N) is 2. The van der Waals surface area contributed by atoms with Crippen molar-refractivity contribution in [2.24, 2.45) is 0 Å². The Bertz CT molecular complexity index is 660. The molecule has 0 amide bonds. The van der Waals surface area contributed by atoms with Gasteiger partial charge in [0.15, 0.2) is 0 Å². The Morgan fingerprint density at radius 2 is 1.91 bits per heavy atom. The molecule has 22 heavy (non-hydrogen) atoms. The lowest BCUT2D eigenvalue weighted by molar-refractivity contribution is -0.274. The van der Waals surface area contributed by atoms with Crippen molar-refractivity contribution >= 4 is 16.8 Å². The number of ether oxygens (including phenoxy) is 1. The molecule has 0 radical (unpaired) electrons. The summed E-state index contributed by atoms with van der Waals surface area (Å²) in [7, 11) is 0. The third kappa shape index (κ3) is 3.79. The summed E-state index contributed by atoms with van der Waals surface area (Å²) in [5, 5.41) is 0.523. The van der Waals surface area contributed by atoms with Crippen LogP contribution >= 0.6 is 0 Å². The van der Waals surface area contributed by atoms with Gasteiger partial charge in [-0.15, -0.1) is 13.2 Å². The number of carbonyl (C=O) groups is 1. The molecular formula is C15H17F3N2O2. The molecule has 2 rings (SSSR count). The van der Waals surface area contributed by atoms with E-state index in [0.717, 1.165) is 13.1 Å². The molecule has 4 nitrogen and oxygen atoms in total. The predicted octanol–water partition coefficient (Wildman–Crippen LogP) is 3.52. The molecule has 0 aliphatic heterocycles. The largest absolute Gasteiger partial charge is 0.573 e. The molecule has 0 saturated heterocycles. The molecule has 0 fully saturated rings. The zero-order valence-corrected chi connectivity index (χ0v) is 12.4. The number of fused-ring (bicyclic) bond motifs is 1. The molecule has 1 aromatic heterocycles. The molecule has 2 aromatic rings. The van der Waals surface area contributed by atoms with Gasteiger partial charge in [-0.2, -0.15) is 0 Å². The lowest BCUT2D eigenvalue weighted by Gasteiger charge is -2.17. The van der Waals surface area contributed by atoms with Crippen LogP contribution in [0, 0.1) is 0 Å². The number of alkyl halides is 3. The Labute approximate surface area is 126 Å². The van der Waals surface area contributed by atoms with E-state index < -0.39 is 6.36 Å². The summed E-state index contributed by atoms with van der Waals surface area (Å²) >= 11 is 0. The number of halogens is 3. The van der Waals surface area contributed by atoms with Crippen LogP contribution in [0.5, 0.6) is 5.75 Å². The maximum absolute atomic E-state index is 12.3. The number of carbonyl (C=O) groups excluding carboxylic acids is 1. The van der Waals surface area contributed by atoms with Crippen molar-refractivity contribution in [3.05, 3.63) is 30.5 Å². The van der Waals surface area contributed by atoms with Crippen molar-refractivity contribution in [2.45, 2.75) is 20.2 Å². The molecule has 0 saturated carbocycles. The van der Waals surface area contributed by atoms with Crippen molar-refractivity contribution in [3.63, 3.8) is 0 Å². The van der Waals surface area contributed by atoms with E-state index in [1.165, 1.54) is 22.8 Å². The lowest BCUT2D eigenvalue weighted by Crippen LogP contribution is -2.32. The fraction of sp³-hybridized carbons (Fsp3) is 0.400. The number of hydrogen-bond acceptors (Lipinski definition) is 3. The molecule has 0 aliphatic carbocycles. The first-order chi connectivity index (χ1) is 10.3. The number of aromatic nitrogens is 1. The summed E-state index contributed by atoms with van der Waals surface area (Å²) < 4.78 is 42.0. The normalized spacial score (nSPS) is 12.1. The first-order valence-corrected chi connectivity index (χ1v) is 6.96. The van der Waals surface area contributed by atoms with Crippen molar-refractivity contribution in [3.8, 4) is 5.75 Å². The molecule has 7 heteroatoms. The number of hydrogen-bond donors (Lipinski definition) is 0. The molecule has 0 aliphatic rings. The van der Waals surface area contributed by atoms with Crippen molar-refractivity contribution in [1.29, 1.82) is 0 Å². The van der Waals surface area contributed by atoms with Crippen LogP contribution in [-0.2, 0) is 0 Å². The van der Waals surface area contributed by atoms with Gasteiger partial charge in [-0.1, -0.05) is 13.8 Å². The highest BCUT2D eigenvalue weighted by Crippen LogP contribution is 2.27. The Balaban J connectivity index is 2.24. The van der Waals surface area contributed by atoms with Gasteiger partial charge in [-0.05, 0) is 37.4 Å². The van der Waals surface area contributed by atoms with Crippen molar-refractivity contribution in [1.82, 2.24) is 9.47 Å². The fourth-order valence-corrected chi connectivity index (χ4v) is 2.25. The minimum absolute atomic E-state index is 0.122. The van der Waals surface area contributed by atoms with E-state index in [9.17, 15) is 18.0 Å². The molecular weight excluding hydrogens is 297 g/mol. The highest BCUT2D eigenvalue weighted by molar-refractivity contribution is 5.93. The standard InChI is InChI=1S/C15H17F3N2O2/c1-3-19(4-2)10-14(21)20-8-7-11-9-12(5-6-13(11)20)22-15(16,17)18/h5-9H,3-4,10H2,1-2H3. The van der Waals surface area contributed by atoms with Crippen molar-refractivity contribution in [2.75, 3.05) is 19.6 Å². The Kier molecular flexibility index (Phi) is 4.75. The SMILES string of the molecule is CCN(CC)CC(=O)n1ccc2cc(OC(F)(F)F)ccc21. The van der Waals surface area contributed by atoms with E-state index in [-0.39, 0.29) is 18.2 Å². The van der Waals surface area contributed by atoms with E-state index >= 15 is 0 Å². The molecule has 0 bridgehead atoms. The predicted molar refractivity (Wildman–Crippen MR) is 77.0 cm³/mol. The van der Waals surface area contributed by atoms with Crippen molar-refractivity contribution < 1.29 is 22.7 Å². The van der Waals surface area contributed by atoms with Gasteiger partial charge < -0.3 is 4.74 Å². The third-order valence-corrected chi connectivity index (χ3v) is 3.42. The monoisotopic (exact) mass is 314 g/mol. The Hall–Kier alpha value is -2.02. The second-order valence-electron chi connectivity index (χ2n) is 4.81. The Morgan fingerprint density at radius 1 is 1.23 bits per heavy atom. The maximum Gasteiger partial charge on any atom is 0.573 e. The van der Waals surface area contributed by atoms with E-state index in [1.807, 2.05) is 18.7 Å². The smallest absolute Gasteiger partial charge is 0.406 e. The average molecular weight is 314 g/mol. The Morgan fingerprint density at radius 3 is 2.50 bits per heavy atom. The minimum Gasteiger partial charge on any atom is -0.406 e. The maximum atomic E-state index is 12.3. The van der Waals surface area contributed by atoms with E-state index in [1.54, 1.807) is 12.3 Å². The molecule has 0 spiro atoms. The molecule has 0 atom stereocenters. The van der Waals surface area contributed by atoms with Gasteiger partial charge in [-0.3, -0.25) is 14.3 Å². The van der Waals surface area contributed by atoms with Gasteiger partial charge in [0.05, 0.1) is 12.1 Å². The van der Waals surface area contributed by atoms with Crippen LogP contribution in [0.25, 0.3) is 10.9 Å². The average Bonchev–Trinajstić information content (AvgIpc) is 2.85. The van der Waals surface area contributed by atoms with E-state index in [0.29, 0.717) is 10.9 Å². The van der Waals surface area contributed by atoms with Crippen LogP contribution in [0.2, 0.25) is 0 Å². The highest BCUT2D eigenvalue weighted by atomic mass is 19.4. The van der Waals surface area contributed by atoms with Crippen LogP contribution in [0.1, 0.15) is 18.6 Å². The lowest BCUT2D eigenvalue weighted by atomic mass is 10.2. The van der Waals surface area contributed by atoms with Crippen LogP contribution in [0.3, 0.4) is 0 Å². The molecule has 1 heterocycles. The molecule has 0 N–H and O–H groups in total. The van der Waals surface area contributed by atoms with Gasteiger partial charge in [0.1, 0.15) is 5.75 Å². The topological polar surface area (TPSA) is 34.5 Å². The summed E-state index contributed by atoms with van der Waals surface area (Å²) in [4.78, 5) is 14.2. The second-order valence-corrected chi connectivity index (χ2v) is 4.81. The third-order valence-electron chi connectivity index (χ3n) is 3.42. The summed E-state index contributed by atoms with van der Waals surface area (Å²) in [5.74, 6) is -0.419. The number of rotatable bonds is 5. The summed E-state index contributed by atoms with van der Waals surface area (Å²) in [6.07, 6.45) is -3.16. The molecule has 0 unspecified atom stereocenters. The zero-order valence-electron chi connectivity index (χ0n) is 12.4. The van der Waals surface area contributed by atoms with Gasteiger partial charge in [0, 0.05) is 11.6 Å². The number of benzene rings is 1. The van der Waals surface area contributed by atoms with Gasteiger partial charge in [0.2, 0.25) is 5.91 Å². The van der Waals surface area contributed by atoms with Crippen LogP contribution in [-0.4, -0.2) is 41.4 Å². The minimum atomic E-state index is -4.73. The van der Waals surface area contributed by atoms with Crippen LogP contribution in [0.4, 0.5) is 13.2 Å². The van der Waals surface area contributed by atoms with Gasteiger partial charge >= 0.3 is 6.36 Å². The number of likely N-dealkylation sites (N-methyl/N-ethyl adjacent to an activating group) is 1. The first-order valence-electron chi connectivity index (χ1n) is 6.96. The van der Waals surface area contributed by atoms with Crippen LogP contribution in [0.15, 0.2) is 30.5 Å². The first kappa shape index (κ1) is 16.4.